The van der Waals surface area contributed by atoms with Crippen LogP contribution in [0.2, 0.25) is 0 Å². The molecule has 0 aromatic carbocycles. The number of amides is 1. The second kappa shape index (κ2) is 5.45. The second-order valence-electron chi connectivity index (χ2n) is 6.19. The van der Waals surface area contributed by atoms with E-state index in [9.17, 15) is 4.79 Å². The van der Waals surface area contributed by atoms with Crippen molar-refractivity contribution in [3.05, 3.63) is 28.9 Å². The number of carbonyl (C=O) groups excluding carboxylic acids is 1. The van der Waals surface area contributed by atoms with Gasteiger partial charge in [0.15, 0.2) is 0 Å². The van der Waals surface area contributed by atoms with Gasteiger partial charge in [0.1, 0.15) is 5.76 Å². The van der Waals surface area contributed by atoms with Crippen LogP contribution in [-0.4, -0.2) is 50.2 Å². The van der Waals surface area contributed by atoms with Crippen molar-refractivity contribution in [2.24, 2.45) is 0 Å². The van der Waals surface area contributed by atoms with Gasteiger partial charge in [0.05, 0.1) is 42.8 Å². The Balaban J connectivity index is 1.50. The lowest BCUT2D eigenvalue weighted by Crippen LogP contribution is -2.50. The molecule has 2 aliphatic rings. The molecule has 1 fully saturated rings. The van der Waals surface area contributed by atoms with E-state index in [1.54, 1.807) is 6.20 Å². The molecule has 2 aromatic heterocycles. The Bertz CT molecular complexity index is 718. The second-order valence-corrected chi connectivity index (χ2v) is 6.19. The molecule has 0 bridgehead atoms. The average Bonchev–Trinajstić information content (AvgIpc) is 3.16. The Morgan fingerprint density at radius 1 is 1.43 bits per heavy atom. The van der Waals surface area contributed by atoms with Crippen molar-refractivity contribution in [1.29, 1.82) is 0 Å². The molecule has 1 amide bonds. The lowest BCUT2D eigenvalue weighted by molar-refractivity contribution is -0.137. The zero-order valence-corrected chi connectivity index (χ0v) is 13.2. The summed E-state index contributed by atoms with van der Waals surface area (Å²) in [6, 6.07) is 0.0450. The number of hydrogen-bond donors (Lipinski definition) is 0. The minimum Gasteiger partial charge on any atom is -0.370 e. The number of likely N-dealkylation sites (tertiary alicyclic amines) is 1. The van der Waals surface area contributed by atoms with E-state index in [1.807, 2.05) is 23.4 Å². The molecule has 0 aliphatic carbocycles. The first-order chi connectivity index (χ1) is 11.1. The van der Waals surface area contributed by atoms with E-state index in [-0.39, 0.29) is 18.1 Å². The van der Waals surface area contributed by atoms with Gasteiger partial charge in [0, 0.05) is 18.7 Å². The molecule has 2 atom stereocenters. The topological polar surface area (TPSA) is 86.3 Å². The van der Waals surface area contributed by atoms with E-state index < -0.39 is 0 Å². The molecule has 23 heavy (non-hydrogen) atoms. The summed E-state index contributed by atoms with van der Waals surface area (Å²) in [6.07, 6.45) is 2.97. The number of carbonyl (C=O) groups is 1. The van der Waals surface area contributed by atoms with E-state index in [0.717, 1.165) is 23.4 Å². The molecule has 8 heteroatoms. The largest absolute Gasteiger partial charge is 0.370 e. The van der Waals surface area contributed by atoms with Crippen molar-refractivity contribution in [2.45, 2.75) is 45.4 Å². The molecule has 8 nitrogen and oxygen atoms in total. The number of aryl methyl sites for hydroxylation is 2. The van der Waals surface area contributed by atoms with E-state index in [1.165, 1.54) is 0 Å². The minimum absolute atomic E-state index is 0.0450. The quantitative estimate of drug-likeness (QED) is 0.814. The fourth-order valence-corrected chi connectivity index (χ4v) is 3.42. The number of aromatic nitrogens is 4. The van der Waals surface area contributed by atoms with Gasteiger partial charge in [-0.15, -0.1) is 5.10 Å². The van der Waals surface area contributed by atoms with Gasteiger partial charge in [0.2, 0.25) is 5.91 Å². The molecule has 2 aliphatic heterocycles. The highest BCUT2D eigenvalue weighted by molar-refractivity contribution is 5.79. The maximum absolute atomic E-state index is 12.7. The number of rotatable bonds is 2. The number of piperidine rings is 1. The highest BCUT2D eigenvalue weighted by atomic mass is 16.5. The summed E-state index contributed by atoms with van der Waals surface area (Å²) in [5.41, 5.74) is 2.63. The summed E-state index contributed by atoms with van der Waals surface area (Å²) in [5, 5.41) is 12.0. The van der Waals surface area contributed by atoms with Gasteiger partial charge in [0.25, 0.3) is 0 Å². The lowest BCUT2D eigenvalue weighted by atomic mass is 9.99. The van der Waals surface area contributed by atoms with E-state index in [0.29, 0.717) is 31.9 Å². The van der Waals surface area contributed by atoms with Crippen LogP contribution in [0.3, 0.4) is 0 Å². The highest BCUT2D eigenvalue weighted by Crippen LogP contribution is 2.30. The first kappa shape index (κ1) is 14.4. The van der Waals surface area contributed by atoms with Gasteiger partial charge in [-0.2, -0.15) is 0 Å². The maximum atomic E-state index is 12.7. The standard InChI is InChI=1S/C15H19N5O3/c1-9-12(10(2)23-17-9)5-15(21)19-4-3-14-13(7-19)20-11(8-22-14)6-16-18-20/h6,13-14H,3-5,7-8H2,1-2H3. The minimum atomic E-state index is 0.0450. The molecule has 4 rings (SSSR count). The monoisotopic (exact) mass is 317 g/mol. The molecular weight excluding hydrogens is 298 g/mol. The molecule has 0 radical (unpaired) electrons. The Kier molecular flexibility index (Phi) is 3.41. The summed E-state index contributed by atoms with van der Waals surface area (Å²) >= 11 is 0. The van der Waals surface area contributed by atoms with Crippen LogP contribution in [0.5, 0.6) is 0 Å². The van der Waals surface area contributed by atoms with Gasteiger partial charge in [-0.1, -0.05) is 10.4 Å². The van der Waals surface area contributed by atoms with E-state index >= 15 is 0 Å². The molecule has 0 spiro atoms. The van der Waals surface area contributed by atoms with Crippen molar-refractivity contribution in [3.8, 4) is 0 Å². The molecule has 1 saturated heterocycles. The van der Waals surface area contributed by atoms with Crippen molar-refractivity contribution >= 4 is 5.91 Å². The van der Waals surface area contributed by atoms with Crippen molar-refractivity contribution in [1.82, 2.24) is 25.1 Å². The van der Waals surface area contributed by atoms with Crippen molar-refractivity contribution in [2.75, 3.05) is 13.1 Å². The SMILES string of the molecule is Cc1noc(C)c1CC(=O)N1CCC2OCc3cnnn3C2C1. The first-order valence-electron chi connectivity index (χ1n) is 7.83. The smallest absolute Gasteiger partial charge is 0.227 e. The van der Waals surface area contributed by atoms with Crippen LogP contribution in [0.25, 0.3) is 0 Å². The van der Waals surface area contributed by atoms with E-state index in [2.05, 4.69) is 15.5 Å². The average molecular weight is 317 g/mol. The van der Waals surface area contributed by atoms with Crippen LogP contribution in [0.4, 0.5) is 0 Å². The maximum Gasteiger partial charge on any atom is 0.227 e. The molecule has 2 aromatic rings. The third-order valence-corrected chi connectivity index (χ3v) is 4.79. The summed E-state index contributed by atoms with van der Waals surface area (Å²) in [6.45, 7) is 5.55. The van der Waals surface area contributed by atoms with Crippen molar-refractivity contribution in [3.63, 3.8) is 0 Å². The summed E-state index contributed by atoms with van der Waals surface area (Å²) in [5.74, 6) is 0.801. The normalized spacial score (nSPS) is 23.5. The van der Waals surface area contributed by atoms with Crippen molar-refractivity contribution < 1.29 is 14.1 Å². The highest BCUT2D eigenvalue weighted by Gasteiger charge is 2.37. The molecule has 0 saturated carbocycles. The predicted molar refractivity (Wildman–Crippen MR) is 78.5 cm³/mol. The summed E-state index contributed by atoms with van der Waals surface area (Å²) in [4.78, 5) is 14.5. The molecular formula is C15H19N5O3. The first-order valence-corrected chi connectivity index (χ1v) is 7.83. The van der Waals surface area contributed by atoms with Gasteiger partial charge in [-0.25, -0.2) is 4.68 Å². The summed E-state index contributed by atoms with van der Waals surface area (Å²) < 4.78 is 12.9. The summed E-state index contributed by atoms with van der Waals surface area (Å²) in [7, 11) is 0. The number of fused-ring (bicyclic) bond motifs is 3. The molecule has 4 heterocycles. The zero-order chi connectivity index (χ0) is 16.0. The van der Waals surface area contributed by atoms with Crippen LogP contribution in [0.15, 0.2) is 10.7 Å². The Hall–Kier alpha value is -2.22. The molecule has 122 valence electrons. The lowest BCUT2D eigenvalue weighted by Gasteiger charge is -2.41. The van der Waals surface area contributed by atoms with Gasteiger partial charge in [-0.3, -0.25) is 4.79 Å². The number of ether oxygens (including phenoxy) is 1. The predicted octanol–water partition coefficient (Wildman–Crippen LogP) is 0.798. The van der Waals surface area contributed by atoms with E-state index in [4.69, 9.17) is 9.26 Å². The molecule has 0 N–H and O–H groups in total. The Morgan fingerprint density at radius 3 is 3.09 bits per heavy atom. The van der Waals surface area contributed by atoms with Crippen LogP contribution < -0.4 is 0 Å². The molecule has 2 unspecified atom stereocenters. The zero-order valence-electron chi connectivity index (χ0n) is 13.2. The van der Waals surface area contributed by atoms with Gasteiger partial charge in [-0.05, 0) is 20.3 Å². The fraction of sp³-hybridized carbons (Fsp3) is 0.600. The van der Waals surface area contributed by atoms with Gasteiger partial charge >= 0.3 is 0 Å². The van der Waals surface area contributed by atoms with Gasteiger partial charge < -0.3 is 14.2 Å². The van der Waals surface area contributed by atoms with Crippen LogP contribution in [-0.2, 0) is 22.6 Å². The van der Waals surface area contributed by atoms with Crippen LogP contribution in [0.1, 0.15) is 35.2 Å². The fourth-order valence-electron chi connectivity index (χ4n) is 3.42. The Morgan fingerprint density at radius 2 is 2.30 bits per heavy atom. The number of hydrogen-bond acceptors (Lipinski definition) is 6. The Labute approximate surface area is 133 Å². The van der Waals surface area contributed by atoms with Crippen LogP contribution in [0, 0.1) is 13.8 Å². The number of nitrogens with zero attached hydrogens (tertiary/aromatic N) is 5. The third kappa shape index (κ3) is 2.42. The third-order valence-electron chi connectivity index (χ3n) is 4.79. The van der Waals surface area contributed by atoms with Crippen LogP contribution >= 0.6 is 0 Å².